The summed E-state index contributed by atoms with van der Waals surface area (Å²) in [6.07, 6.45) is 3.76. The van der Waals surface area contributed by atoms with Gasteiger partial charge in [0.2, 0.25) is 0 Å². The molecule has 0 radical (unpaired) electrons. The number of nitrogens with one attached hydrogen (secondary N) is 1. The van der Waals surface area contributed by atoms with Gasteiger partial charge in [-0.25, -0.2) is 0 Å². The zero-order chi connectivity index (χ0) is 13.8. The Balaban J connectivity index is 2.37. The van der Waals surface area contributed by atoms with Crippen molar-refractivity contribution in [1.29, 1.82) is 0 Å². The molecule has 1 aromatic heterocycles. The number of aryl methyl sites for hydroxylation is 2. The second-order valence-electron chi connectivity index (χ2n) is 5.20. The lowest BCUT2D eigenvalue weighted by atomic mass is 9.86. The van der Waals surface area contributed by atoms with Crippen molar-refractivity contribution in [1.82, 2.24) is 9.78 Å². The van der Waals surface area contributed by atoms with E-state index >= 15 is 0 Å². The summed E-state index contributed by atoms with van der Waals surface area (Å²) in [4.78, 5) is 0. The summed E-state index contributed by atoms with van der Waals surface area (Å²) in [6, 6.07) is 0. The van der Waals surface area contributed by atoms with Gasteiger partial charge in [-0.15, -0.1) is 0 Å². The molecule has 0 unspecified atom stereocenters. The zero-order valence-electron chi connectivity index (χ0n) is 11.6. The van der Waals surface area contributed by atoms with Crippen LogP contribution in [0.2, 0.25) is 0 Å². The minimum absolute atomic E-state index is 0.277. The molecule has 0 aromatic carbocycles. The molecule has 4 N–H and O–H groups in total. The molecule has 0 amide bonds. The maximum absolute atomic E-state index is 8.68. The van der Waals surface area contributed by atoms with E-state index in [9.17, 15) is 0 Å². The van der Waals surface area contributed by atoms with Crippen molar-refractivity contribution in [3.8, 4) is 0 Å². The van der Waals surface area contributed by atoms with Crippen LogP contribution in [0, 0.1) is 12.3 Å². The molecule has 0 bridgehead atoms. The fourth-order valence-corrected chi connectivity index (χ4v) is 1.79. The van der Waals surface area contributed by atoms with E-state index in [-0.39, 0.29) is 11.3 Å². The molecule has 1 rings (SSSR count). The molecule has 102 valence electrons. The standard InChI is InChI=1S/C12H23N5O/c1-9-10(8-17(4)15-9)14-7-5-6-12(2,3)11(13)16-18/h8,14,18H,5-7H2,1-4H3,(H2,13,16). The maximum Gasteiger partial charge on any atom is 0.144 e. The van der Waals surface area contributed by atoms with Crippen molar-refractivity contribution in [2.45, 2.75) is 33.6 Å². The minimum Gasteiger partial charge on any atom is -0.409 e. The van der Waals surface area contributed by atoms with Gasteiger partial charge >= 0.3 is 0 Å². The van der Waals surface area contributed by atoms with Gasteiger partial charge in [0.25, 0.3) is 0 Å². The fourth-order valence-electron chi connectivity index (χ4n) is 1.79. The summed E-state index contributed by atoms with van der Waals surface area (Å²) in [7, 11) is 1.90. The highest BCUT2D eigenvalue weighted by Gasteiger charge is 2.22. The van der Waals surface area contributed by atoms with Crippen molar-refractivity contribution >= 4 is 11.5 Å². The Hall–Kier alpha value is -1.72. The van der Waals surface area contributed by atoms with Crippen molar-refractivity contribution < 1.29 is 5.21 Å². The average Bonchev–Trinajstić information content (AvgIpc) is 2.62. The number of amidine groups is 1. The van der Waals surface area contributed by atoms with Crippen LogP contribution in [0.15, 0.2) is 11.4 Å². The van der Waals surface area contributed by atoms with Crippen LogP contribution in [-0.2, 0) is 7.05 Å². The number of nitrogens with zero attached hydrogens (tertiary/aromatic N) is 3. The first kappa shape index (κ1) is 14.3. The molecule has 6 nitrogen and oxygen atoms in total. The Labute approximate surface area is 108 Å². The van der Waals surface area contributed by atoms with Crippen LogP contribution < -0.4 is 11.1 Å². The van der Waals surface area contributed by atoms with E-state index in [0.29, 0.717) is 0 Å². The fraction of sp³-hybridized carbons (Fsp3) is 0.667. The molecule has 1 aromatic rings. The first-order valence-corrected chi connectivity index (χ1v) is 6.09. The normalized spacial score (nSPS) is 12.8. The van der Waals surface area contributed by atoms with Gasteiger partial charge in [0.15, 0.2) is 0 Å². The SMILES string of the molecule is Cc1nn(C)cc1NCCCC(C)(C)/C(N)=N/O. The van der Waals surface area contributed by atoms with Crippen molar-refractivity contribution in [2.24, 2.45) is 23.4 Å². The van der Waals surface area contributed by atoms with Crippen LogP contribution in [-0.4, -0.2) is 27.4 Å². The van der Waals surface area contributed by atoms with Crippen LogP contribution in [0.5, 0.6) is 0 Å². The van der Waals surface area contributed by atoms with E-state index in [0.717, 1.165) is 30.8 Å². The topological polar surface area (TPSA) is 88.5 Å². The number of hydrogen-bond acceptors (Lipinski definition) is 4. The highest BCUT2D eigenvalue weighted by molar-refractivity contribution is 5.85. The van der Waals surface area contributed by atoms with Crippen LogP contribution in [0.25, 0.3) is 0 Å². The van der Waals surface area contributed by atoms with Crippen LogP contribution in [0.1, 0.15) is 32.4 Å². The lowest BCUT2D eigenvalue weighted by molar-refractivity contribution is 0.305. The van der Waals surface area contributed by atoms with Gasteiger partial charge in [0.05, 0.1) is 11.4 Å². The molecular formula is C12H23N5O. The molecule has 0 aliphatic rings. The van der Waals surface area contributed by atoms with Gasteiger partial charge in [-0.1, -0.05) is 19.0 Å². The van der Waals surface area contributed by atoms with Gasteiger partial charge < -0.3 is 16.3 Å². The molecule has 0 atom stereocenters. The average molecular weight is 253 g/mol. The summed E-state index contributed by atoms with van der Waals surface area (Å²) in [5, 5.41) is 19.4. The number of aromatic nitrogens is 2. The molecule has 1 heterocycles. The Kier molecular flexibility index (Phi) is 4.58. The summed E-state index contributed by atoms with van der Waals surface area (Å²) < 4.78 is 1.79. The first-order valence-electron chi connectivity index (χ1n) is 6.09. The monoisotopic (exact) mass is 253 g/mol. The first-order chi connectivity index (χ1) is 8.36. The summed E-state index contributed by atoms with van der Waals surface area (Å²) in [5.41, 5.74) is 7.41. The molecule has 0 saturated carbocycles. The Bertz CT molecular complexity index is 422. The number of hydrogen-bond donors (Lipinski definition) is 3. The van der Waals surface area contributed by atoms with Crippen LogP contribution in [0.3, 0.4) is 0 Å². The highest BCUT2D eigenvalue weighted by Crippen LogP contribution is 2.22. The number of oxime groups is 1. The third-order valence-corrected chi connectivity index (χ3v) is 3.11. The van der Waals surface area contributed by atoms with E-state index in [4.69, 9.17) is 10.9 Å². The van der Waals surface area contributed by atoms with Crippen molar-refractivity contribution in [3.63, 3.8) is 0 Å². The smallest absolute Gasteiger partial charge is 0.144 e. The highest BCUT2D eigenvalue weighted by atomic mass is 16.4. The van der Waals surface area contributed by atoms with E-state index in [1.165, 1.54) is 0 Å². The summed E-state index contributed by atoms with van der Waals surface area (Å²) >= 11 is 0. The van der Waals surface area contributed by atoms with Gasteiger partial charge in [-0.3, -0.25) is 4.68 Å². The second-order valence-corrected chi connectivity index (χ2v) is 5.20. The maximum atomic E-state index is 8.68. The van der Waals surface area contributed by atoms with Gasteiger partial charge in [0.1, 0.15) is 5.84 Å². The van der Waals surface area contributed by atoms with E-state index in [2.05, 4.69) is 15.6 Å². The molecule has 6 heteroatoms. The number of rotatable bonds is 6. The Morgan fingerprint density at radius 3 is 2.78 bits per heavy atom. The van der Waals surface area contributed by atoms with Gasteiger partial charge in [-0.05, 0) is 19.8 Å². The van der Waals surface area contributed by atoms with E-state index in [1.807, 2.05) is 34.0 Å². The summed E-state index contributed by atoms with van der Waals surface area (Å²) in [5.74, 6) is 0.278. The van der Waals surface area contributed by atoms with Crippen molar-refractivity contribution in [2.75, 3.05) is 11.9 Å². The third kappa shape index (κ3) is 3.65. The van der Waals surface area contributed by atoms with E-state index in [1.54, 1.807) is 4.68 Å². The molecule has 0 fully saturated rings. The quantitative estimate of drug-likeness (QED) is 0.237. The summed E-state index contributed by atoms with van der Waals surface area (Å²) in [6.45, 7) is 6.76. The molecule has 0 aliphatic heterocycles. The van der Waals surface area contributed by atoms with E-state index < -0.39 is 0 Å². The van der Waals surface area contributed by atoms with Crippen LogP contribution >= 0.6 is 0 Å². The number of nitrogens with two attached hydrogens (primary N) is 1. The largest absolute Gasteiger partial charge is 0.409 e. The van der Waals surface area contributed by atoms with Crippen LogP contribution in [0.4, 0.5) is 5.69 Å². The molecule has 18 heavy (non-hydrogen) atoms. The van der Waals surface area contributed by atoms with Gasteiger partial charge in [0, 0.05) is 25.2 Å². The zero-order valence-corrected chi connectivity index (χ0v) is 11.6. The second kappa shape index (κ2) is 5.75. The number of anilines is 1. The molecule has 0 aliphatic carbocycles. The lowest BCUT2D eigenvalue weighted by Gasteiger charge is -2.22. The third-order valence-electron chi connectivity index (χ3n) is 3.11. The Morgan fingerprint density at radius 2 is 2.28 bits per heavy atom. The molecule has 0 saturated heterocycles. The minimum atomic E-state index is -0.277. The Morgan fingerprint density at radius 1 is 1.61 bits per heavy atom. The lowest BCUT2D eigenvalue weighted by Crippen LogP contribution is -2.32. The molecule has 0 spiro atoms. The molecular weight excluding hydrogens is 230 g/mol. The predicted octanol–water partition coefficient (Wildman–Crippen LogP) is 1.69. The van der Waals surface area contributed by atoms with Crippen molar-refractivity contribution in [3.05, 3.63) is 11.9 Å². The predicted molar refractivity (Wildman–Crippen MR) is 72.9 cm³/mol. The van der Waals surface area contributed by atoms with Gasteiger partial charge in [-0.2, -0.15) is 5.10 Å².